The predicted molar refractivity (Wildman–Crippen MR) is 121 cm³/mol. The van der Waals surface area contributed by atoms with Gasteiger partial charge in [-0.25, -0.2) is 0 Å². The number of benzene rings is 2. The van der Waals surface area contributed by atoms with Crippen molar-refractivity contribution < 1.29 is 14.3 Å². The number of hydrogen-bond donors (Lipinski definition) is 2. The van der Waals surface area contributed by atoms with E-state index in [1.807, 2.05) is 35.2 Å². The van der Waals surface area contributed by atoms with Crippen LogP contribution in [0.3, 0.4) is 0 Å². The third-order valence-corrected chi connectivity index (χ3v) is 7.07. The molecule has 0 radical (unpaired) electrons. The van der Waals surface area contributed by atoms with Crippen LogP contribution in [-0.2, 0) is 4.74 Å². The molecule has 6 heteroatoms. The molecule has 6 nitrogen and oxygen atoms in total. The third-order valence-electron chi connectivity index (χ3n) is 7.07. The number of rotatable bonds is 7. The van der Waals surface area contributed by atoms with Gasteiger partial charge in [0.2, 0.25) is 0 Å². The number of piperidine rings is 1. The van der Waals surface area contributed by atoms with Gasteiger partial charge in [0.05, 0.1) is 20.4 Å². The van der Waals surface area contributed by atoms with Crippen molar-refractivity contribution in [1.29, 1.82) is 0 Å². The SMILES string of the molecule is COc1ccc(C2[C@H]3CN(C(=O)c4ccc(C)c(NCNC5CCOC5)c4)C[C@@H]23)cc1. The second-order valence-corrected chi connectivity index (χ2v) is 8.98. The molecular weight excluding hydrogens is 390 g/mol. The van der Waals surface area contributed by atoms with Gasteiger partial charge in [0.1, 0.15) is 5.75 Å². The summed E-state index contributed by atoms with van der Waals surface area (Å²) in [4.78, 5) is 15.2. The smallest absolute Gasteiger partial charge is 0.253 e. The molecule has 0 spiro atoms. The average Bonchev–Trinajstić information content (AvgIpc) is 3.16. The highest BCUT2D eigenvalue weighted by atomic mass is 16.5. The predicted octanol–water partition coefficient (Wildman–Crippen LogP) is 3.24. The van der Waals surface area contributed by atoms with Gasteiger partial charge in [0.15, 0.2) is 0 Å². The van der Waals surface area contributed by atoms with Crippen molar-refractivity contribution in [1.82, 2.24) is 10.2 Å². The molecule has 1 amide bonds. The number of methoxy groups -OCH3 is 1. The molecule has 5 rings (SSSR count). The molecule has 3 aliphatic rings. The zero-order chi connectivity index (χ0) is 21.4. The lowest BCUT2D eigenvalue weighted by Gasteiger charge is -2.21. The molecule has 1 saturated carbocycles. The van der Waals surface area contributed by atoms with Gasteiger partial charge in [-0.15, -0.1) is 0 Å². The Balaban J connectivity index is 1.17. The molecule has 0 aromatic heterocycles. The molecule has 2 heterocycles. The quantitative estimate of drug-likeness (QED) is 0.672. The van der Waals surface area contributed by atoms with E-state index in [1.165, 1.54) is 5.56 Å². The Labute approximate surface area is 183 Å². The van der Waals surface area contributed by atoms with E-state index in [0.29, 0.717) is 30.5 Å². The van der Waals surface area contributed by atoms with E-state index in [1.54, 1.807) is 7.11 Å². The molecule has 2 N–H and O–H groups in total. The van der Waals surface area contributed by atoms with Crippen molar-refractivity contribution >= 4 is 11.6 Å². The van der Waals surface area contributed by atoms with E-state index in [0.717, 1.165) is 55.3 Å². The Morgan fingerprint density at radius 1 is 1.16 bits per heavy atom. The fourth-order valence-corrected chi connectivity index (χ4v) is 5.13. The number of ether oxygens (including phenoxy) is 2. The van der Waals surface area contributed by atoms with Gasteiger partial charge in [-0.1, -0.05) is 18.2 Å². The largest absolute Gasteiger partial charge is 0.497 e. The monoisotopic (exact) mass is 421 g/mol. The highest BCUT2D eigenvalue weighted by Crippen LogP contribution is 2.58. The van der Waals surface area contributed by atoms with E-state index in [-0.39, 0.29) is 5.91 Å². The summed E-state index contributed by atoms with van der Waals surface area (Å²) >= 11 is 0. The first-order valence-electron chi connectivity index (χ1n) is 11.2. The van der Waals surface area contributed by atoms with E-state index in [2.05, 4.69) is 29.7 Å². The number of nitrogens with one attached hydrogen (secondary N) is 2. The first kappa shape index (κ1) is 20.3. The molecule has 164 valence electrons. The third kappa shape index (κ3) is 4.14. The highest BCUT2D eigenvalue weighted by Gasteiger charge is 2.57. The van der Waals surface area contributed by atoms with Crippen LogP contribution in [0.1, 0.15) is 33.8 Å². The van der Waals surface area contributed by atoms with Crippen LogP contribution in [0.2, 0.25) is 0 Å². The number of hydrogen-bond acceptors (Lipinski definition) is 5. The Hall–Kier alpha value is -2.57. The summed E-state index contributed by atoms with van der Waals surface area (Å²) in [7, 11) is 1.69. The molecule has 2 unspecified atom stereocenters. The van der Waals surface area contributed by atoms with Crippen molar-refractivity contribution in [3.05, 3.63) is 59.2 Å². The fraction of sp³-hybridized carbons (Fsp3) is 0.480. The second kappa shape index (κ2) is 8.52. The molecule has 2 saturated heterocycles. The molecule has 2 aromatic rings. The number of carbonyl (C=O) groups excluding carboxylic acids is 1. The summed E-state index contributed by atoms with van der Waals surface area (Å²) < 4.78 is 10.7. The van der Waals surface area contributed by atoms with E-state index in [4.69, 9.17) is 9.47 Å². The molecule has 1 aliphatic carbocycles. The number of fused-ring (bicyclic) bond motifs is 1. The lowest BCUT2D eigenvalue weighted by atomic mass is 10.1. The zero-order valence-corrected chi connectivity index (χ0v) is 18.3. The van der Waals surface area contributed by atoms with Crippen LogP contribution in [0, 0.1) is 18.8 Å². The summed E-state index contributed by atoms with van der Waals surface area (Å²) in [6.07, 6.45) is 1.05. The van der Waals surface area contributed by atoms with Crippen LogP contribution in [0.4, 0.5) is 5.69 Å². The normalized spacial score (nSPS) is 26.6. The van der Waals surface area contributed by atoms with Crippen LogP contribution < -0.4 is 15.4 Å². The standard InChI is InChI=1S/C25H31N3O3/c1-16-3-4-18(11-23(16)27-15-26-19-9-10-31-14-19)25(29)28-12-21-22(13-28)24(21)17-5-7-20(30-2)8-6-17/h3-8,11,19,21-22,24,26-27H,9-10,12-15H2,1-2H3/t19?,21-,22+,24?. The van der Waals surface area contributed by atoms with Crippen LogP contribution in [0.5, 0.6) is 5.75 Å². The van der Waals surface area contributed by atoms with Crippen LogP contribution in [-0.4, -0.2) is 56.9 Å². The average molecular weight is 422 g/mol. The van der Waals surface area contributed by atoms with Crippen molar-refractivity contribution in [3.63, 3.8) is 0 Å². The maximum atomic E-state index is 13.1. The molecule has 0 bridgehead atoms. The summed E-state index contributed by atoms with van der Waals surface area (Å²) in [6, 6.07) is 14.8. The van der Waals surface area contributed by atoms with Crippen LogP contribution >= 0.6 is 0 Å². The number of likely N-dealkylation sites (tertiary alicyclic amines) is 1. The summed E-state index contributed by atoms with van der Waals surface area (Å²) in [5, 5.41) is 6.89. The van der Waals surface area contributed by atoms with E-state index in [9.17, 15) is 4.79 Å². The minimum atomic E-state index is 0.140. The maximum Gasteiger partial charge on any atom is 0.253 e. The first-order valence-corrected chi connectivity index (χ1v) is 11.2. The molecule has 4 atom stereocenters. The van der Waals surface area contributed by atoms with Gasteiger partial charge in [-0.05, 0) is 66.5 Å². The molecule has 2 aliphatic heterocycles. The highest BCUT2D eigenvalue weighted by molar-refractivity contribution is 5.95. The second-order valence-electron chi connectivity index (χ2n) is 8.98. The first-order chi connectivity index (χ1) is 15.1. The van der Waals surface area contributed by atoms with Gasteiger partial charge in [0.25, 0.3) is 5.91 Å². The van der Waals surface area contributed by atoms with Gasteiger partial charge in [-0.3, -0.25) is 10.1 Å². The van der Waals surface area contributed by atoms with Crippen molar-refractivity contribution in [2.75, 3.05) is 45.4 Å². The minimum absolute atomic E-state index is 0.140. The Morgan fingerprint density at radius 3 is 2.61 bits per heavy atom. The van der Waals surface area contributed by atoms with E-state index < -0.39 is 0 Å². The summed E-state index contributed by atoms with van der Waals surface area (Å²) in [6.45, 7) is 6.04. The lowest BCUT2D eigenvalue weighted by molar-refractivity contribution is 0.0773. The van der Waals surface area contributed by atoms with E-state index >= 15 is 0 Å². The topological polar surface area (TPSA) is 62.8 Å². The number of nitrogens with zero attached hydrogens (tertiary/aromatic N) is 1. The Bertz CT molecular complexity index is 928. The minimum Gasteiger partial charge on any atom is -0.497 e. The number of anilines is 1. The number of aryl methyl sites for hydroxylation is 1. The number of carbonyl (C=O) groups is 1. The van der Waals surface area contributed by atoms with Crippen LogP contribution in [0.25, 0.3) is 0 Å². The molecule has 2 aromatic carbocycles. The fourth-order valence-electron chi connectivity index (χ4n) is 5.13. The van der Waals surface area contributed by atoms with Gasteiger partial charge < -0.3 is 19.7 Å². The van der Waals surface area contributed by atoms with Crippen molar-refractivity contribution in [3.8, 4) is 5.75 Å². The Kier molecular flexibility index (Phi) is 5.59. The maximum absolute atomic E-state index is 13.1. The zero-order valence-electron chi connectivity index (χ0n) is 18.3. The van der Waals surface area contributed by atoms with Crippen molar-refractivity contribution in [2.24, 2.45) is 11.8 Å². The molecule has 3 fully saturated rings. The molecule has 31 heavy (non-hydrogen) atoms. The van der Waals surface area contributed by atoms with Crippen molar-refractivity contribution in [2.45, 2.75) is 25.3 Å². The van der Waals surface area contributed by atoms with Gasteiger partial charge >= 0.3 is 0 Å². The van der Waals surface area contributed by atoms with Gasteiger partial charge in [0, 0.05) is 37.0 Å². The summed E-state index contributed by atoms with van der Waals surface area (Å²) in [5.41, 5.74) is 4.28. The van der Waals surface area contributed by atoms with Gasteiger partial charge in [-0.2, -0.15) is 0 Å². The molecular formula is C25H31N3O3. The van der Waals surface area contributed by atoms with Crippen LogP contribution in [0.15, 0.2) is 42.5 Å². The lowest BCUT2D eigenvalue weighted by Crippen LogP contribution is -2.34. The summed E-state index contributed by atoms with van der Waals surface area (Å²) in [5.74, 6) is 2.77. The Morgan fingerprint density at radius 2 is 1.94 bits per heavy atom. The number of amides is 1.